The highest BCUT2D eigenvalue weighted by atomic mass is 32.1. The van der Waals surface area contributed by atoms with Crippen molar-refractivity contribution < 1.29 is 37.4 Å². The lowest BCUT2D eigenvalue weighted by molar-refractivity contribution is -0.119. The lowest BCUT2D eigenvalue weighted by Crippen LogP contribution is -2.22. The number of nitrogens with one attached hydrogen (secondary N) is 2. The van der Waals surface area contributed by atoms with Crippen molar-refractivity contribution in [1.82, 2.24) is 0 Å². The Labute approximate surface area is 191 Å². The van der Waals surface area contributed by atoms with Crippen molar-refractivity contribution in [3.05, 3.63) is 69.9 Å². The fourth-order valence-electron chi connectivity index (χ4n) is 2.77. The highest BCUT2D eigenvalue weighted by Crippen LogP contribution is 2.34. The van der Waals surface area contributed by atoms with Crippen LogP contribution in [0.1, 0.15) is 20.0 Å². The summed E-state index contributed by atoms with van der Waals surface area (Å²) in [5.74, 6) is -3.54. The maximum atomic E-state index is 13.3. The number of hydrogen-bond acceptors (Lipinski definition) is 7. The first-order valence-electron chi connectivity index (χ1n) is 9.34. The molecular weight excluding hydrogens is 458 g/mol. The summed E-state index contributed by atoms with van der Waals surface area (Å²) in [5.41, 5.74) is -0.158. The van der Waals surface area contributed by atoms with Gasteiger partial charge in [-0.2, -0.15) is 0 Å². The molecule has 172 valence electrons. The number of amides is 2. The van der Waals surface area contributed by atoms with E-state index < -0.39 is 36.0 Å². The van der Waals surface area contributed by atoms with Gasteiger partial charge in [0.2, 0.25) is 0 Å². The standard InChI is InChI=1S/C22H18F2N2O6S/c1-30-17-9-15(16(10-18(17)31-2)26-21(28)19-4-3-5-33-19)22(29)32-11-20(27)25-14-7-12(23)6-13(24)8-14/h3-10H,11H2,1-2H3,(H,25,27)(H,26,28). The van der Waals surface area contributed by atoms with Crippen LogP contribution < -0.4 is 20.1 Å². The Morgan fingerprint density at radius 1 is 0.939 bits per heavy atom. The minimum atomic E-state index is -0.946. The van der Waals surface area contributed by atoms with E-state index in [1.165, 1.54) is 37.7 Å². The summed E-state index contributed by atoms with van der Waals surface area (Å²) in [7, 11) is 2.75. The minimum absolute atomic E-state index is 0.0728. The predicted molar refractivity (Wildman–Crippen MR) is 117 cm³/mol. The number of halogens is 2. The molecule has 0 saturated heterocycles. The number of ether oxygens (including phenoxy) is 3. The normalized spacial score (nSPS) is 10.3. The third-order valence-electron chi connectivity index (χ3n) is 4.22. The molecule has 0 radical (unpaired) electrons. The predicted octanol–water partition coefficient (Wildman–Crippen LogP) is 4.09. The van der Waals surface area contributed by atoms with Crippen LogP contribution in [0.5, 0.6) is 11.5 Å². The summed E-state index contributed by atoms with van der Waals surface area (Å²) in [6.07, 6.45) is 0. The fraction of sp³-hybridized carbons (Fsp3) is 0.136. The molecule has 0 spiro atoms. The molecule has 0 saturated carbocycles. The maximum absolute atomic E-state index is 13.3. The average molecular weight is 476 g/mol. The van der Waals surface area contributed by atoms with E-state index in [1.54, 1.807) is 17.5 Å². The molecule has 0 fully saturated rings. The van der Waals surface area contributed by atoms with Gasteiger partial charge >= 0.3 is 5.97 Å². The minimum Gasteiger partial charge on any atom is -0.493 e. The largest absolute Gasteiger partial charge is 0.493 e. The van der Waals surface area contributed by atoms with Gasteiger partial charge in [0.1, 0.15) is 11.6 Å². The third-order valence-corrected chi connectivity index (χ3v) is 5.09. The van der Waals surface area contributed by atoms with Crippen LogP contribution in [-0.4, -0.2) is 38.6 Å². The highest BCUT2D eigenvalue weighted by molar-refractivity contribution is 7.12. The number of carbonyl (C=O) groups is 3. The molecule has 11 heteroatoms. The molecule has 3 rings (SSSR count). The lowest BCUT2D eigenvalue weighted by Gasteiger charge is -2.15. The lowest BCUT2D eigenvalue weighted by atomic mass is 10.1. The molecule has 0 aliphatic carbocycles. The zero-order valence-electron chi connectivity index (χ0n) is 17.4. The van der Waals surface area contributed by atoms with Gasteiger partial charge in [-0.3, -0.25) is 9.59 Å². The zero-order chi connectivity index (χ0) is 24.0. The van der Waals surface area contributed by atoms with Crippen LogP contribution in [0, 0.1) is 11.6 Å². The maximum Gasteiger partial charge on any atom is 0.340 e. The number of benzene rings is 2. The SMILES string of the molecule is COc1cc(NC(=O)c2cccs2)c(C(=O)OCC(=O)Nc2cc(F)cc(F)c2)cc1OC. The Kier molecular flexibility index (Phi) is 7.57. The fourth-order valence-corrected chi connectivity index (χ4v) is 3.39. The van der Waals surface area contributed by atoms with E-state index in [0.717, 1.165) is 12.1 Å². The van der Waals surface area contributed by atoms with Gasteiger partial charge in [-0.25, -0.2) is 13.6 Å². The van der Waals surface area contributed by atoms with Crippen molar-refractivity contribution in [1.29, 1.82) is 0 Å². The molecule has 2 N–H and O–H groups in total. The van der Waals surface area contributed by atoms with Crippen molar-refractivity contribution in [2.75, 3.05) is 31.5 Å². The van der Waals surface area contributed by atoms with Gasteiger partial charge < -0.3 is 24.8 Å². The van der Waals surface area contributed by atoms with Crippen molar-refractivity contribution in [3.8, 4) is 11.5 Å². The van der Waals surface area contributed by atoms with Crippen LogP contribution >= 0.6 is 11.3 Å². The molecule has 33 heavy (non-hydrogen) atoms. The summed E-state index contributed by atoms with van der Waals surface area (Å²) in [6, 6.07) is 8.47. The molecule has 0 aliphatic heterocycles. The van der Waals surface area contributed by atoms with E-state index in [0.29, 0.717) is 10.9 Å². The molecule has 0 aliphatic rings. The van der Waals surface area contributed by atoms with Crippen LogP contribution in [0.3, 0.4) is 0 Å². The van der Waals surface area contributed by atoms with Gasteiger partial charge in [0.05, 0.1) is 30.3 Å². The topological polar surface area (TPSA) is 103 Å². The smallest absolute Gasteiger partial charge is 0.340 e. The Balaban J connectivity index is 1.77. The Morgan fingerprint density at radius 3 is 2.21 bits per heavy atom. The van der Waals surface area contributed by atoms with E-state index in [-0.39, 0.29) is 28.4 Å². The molecule has 8 nitrogen and oxygen atoms in total. The number of hydrogen-bond donors (Lipinski definition) is 2. The summed E-state index contributed by atoms with van der Waals surface area (Å²) in [6.45, 7) is -0.746. The van der Waals surface area contributed by atoms with Crippen molar-refractivity contribution in [3.63, 3.8) is 0 Å². The van der Waals surface area contributed by atoms with E-state index >= 15 is 0 Å². The van der Waals surface area contributed by atoms with Gasteiger partial charge in [0.15, 0.2) is 18.1 Å². The molecule has 0 unspecified atom stereocenters. The second-order valence-electron chi connectivity index (χ2n) is 6.47. The second-order valence-corrected chi connectivity index (χ2v) is 7.41. The molecule has 3 aromatic rings. The zero-order valence-corrected chi connectivity index (χ0v) is 18.3. The monoisotopic (exact) mass is 476 g/mol. The Morgan fingerprint density at radius 2 is 1.61 bits per heavy atom. The summed E-state index contributed by atoms with van der Waals surface area (Å²) >= 11 is 1.21. The molecule has 1 aromatic heterocycles. The van der Waals surface area contributed by atoms with E-state index in [1.807, 2.05) is 0 Å². The first kappa shape index (κ1) is 23.7. The Bertz CT molecular complexity index is 1160. The van der Waals surface area contributed by atoms with Crippen LogP contribution in [0.2, 0.25) is 0 Å². The van der Waals surface area contributed by atoms with Crippen molar-refractivity contribution >= 4 is 40.5 Å². The summed E-state index contributed by atoms with van der Waals surface area (Å²) in [5, 5.41) is 6.56. The molecule has 0 bridgehead atoms. The van der Waals surface area contributed by atoms with Crippen LogP contribution in [0.25, 0.3) is 0 Å². The van der Waals surface area contributed by atoms with Gasteiger partial charge in [-0.1, -0.05) is 6.07 Å². The van der Waals surface area contributed by atoms with Gasteiger partial charge in [-0.05, 0) is 23.6 Å². The van der Waals surface area contributed by atoms with Crippen molar-refractivity contribution in [2.45, 2.75) is 0 Å². The molecule has 2 aromatic carbocycles. The number of carbonyl (C=O) groups excluding carboxylic acids is 3. The van der Waals surface area contributed by atoms with Gasteiger partial charge in [0, 0.05) is 23.9 Å². The van der Waals surface area contributed by atoms with Crippen LogP contribution in [-0.2, 0) is 9.53 Å². The first-order chi connectivity index (χ1) is 15.8. The number of methoxy groups -OCH3 is 2. The Hall–Kier alpha value is -3.99. The highest BCUT2D eigenvalue weighted by Gasteiger charge is 2.21. The van der Waals surface area contributed by atoms with E-state index in [2.05, 4.69) is 10.6 Å². The first-order valence-corrected chi connectivity index (χ1v) is 10.2. The summed E-state index contributed by atoms with van der Waals surface area (Å²) in [4.78, 5) is 37.7. The van der Waals surface area contributed by atoms with E-state index in [4.69, 9.17) is 14.2 Å². The average Bonchev–Trinajstić information content (AvgIpc) is 3.31. The van der Waals surface area contributed by atoms with Crippen LogP contribution in [0.15, 0.2) is 47.8 Å². The number of rotatable bonds is 8. The number of thiophene rings is 1. The molecule has 2 amide bonds. The summed E-state index contributed by atoms with van der Waals surface area (Å²) < 4.78 is 42.0. The number of anilines is 2. The van der Waals surface area contributed by atoms with Gasteiger partial charge in [-0.15, -0.1) is 11.3 Å². The molecule has 1 heterocycles. The molecular formula is C22H18F2N2O6S. The van der Waals surface area contributed by atoms with Gasteiger partial charge in [0.25, 0.3) is 11.8 Å². The molecule has 0 atom stereocenters. The van der Waals surface area contributed by atoms with E-state index in [9.17, 15) is 23.2 Å². The van der Waals surface area contributed by atoms with Crippen LogP contribution in [0.4, 0.5) is 20.2 Å². The van der Waals surface area contributed by atoms with Crippen molar-refractivity contribution in [2.24, 2.45) is 0 Å². The third kappa shape index (κ3) is 6.04. The second kappa shape index (κ2) is 10.6. The number of esters is 1. The quantitative estimate of drug-likeness (QED) is 0.475.